The molecule has 16 heavy (non-hydrogen) atoms. The number of benzene rings is 1. The molecule has 0 saturated heterocycles. The molecule has 1 fully saturated rings. The molecule has 0 aromatic heterocycles. The Bertz CT molecular complexity index is 364. The van der Waals surface area contributed by atoms with E-state index in [0.29, 0.717) is 16.2 Å². The molecule has 0 spiro atoms. The zero-order valence-corrected chi connectivity index (χ0v) is 9.65. The maximum Gasteiger partial charge on any atom is 0.488 e. The highest BCUT2D eigenvalue weighted by atomic mass is 35.5. The fraction of sp³-hybridized carbons (Fsp3) is 0.455. The van der Waals surface area contributed by atoms with Gasteiger partial charge in [0.05, 0.1) is 11.1 Å². The molecule has 1 aromatic rings. The summed E-state index contributed by atoms with van der Waals surface area (Å²) in [5.41, 5.74) is 0.378. The largest absolute Gasteiger partial charge is 0.489 e. The fourth-order valence-electron chi connectivity index (χ4n) is 1.96. The summed E-state index contributed by atoms with van der Waals surface area (Å²) in [6.45, 7) is 0. The van der Waals surface area contributed by atoms with E-state index in [9.17, 15) is 0 Å². The van der Waals surface area contributed by atoms with Gasteiger partial charge in [-0.05, 0) is 43.3 Å². The van der Waals surface area contributed by atoms with Gasteiger partial charge in [-0.15, -0.1) is 0 Å². The molecule has 2 rings (SSSR count). The molecule has 0 bridgehead atoms. The highest BCUT2D eigenvalue weighted by Gasteiger charge is 2.19. The summed E-state index contributed by atoms with van der Waals surface area (Å²) >= 11 is 6.00. The van der Waals surface area contributed by atoms with E-state index in [4.69, 9.17) is 26.4 Å². The van der Waals surface area contributed by atoms with Gasteiger partial charge in [-0.3, -0.25) is 0 Å². The maximum absolute atomic E-state index is 8.98. The second kappa shape index (κ2) is 5.08. The second-order valence-electron chi connectivity index (χ2n) is 4.09. The molecular weight excluding hydrogens is 226 g/mol. The minimum Gasteiger partial charge on any atom is -0.489 e. The average molecular weight is 240 g/mol. The predicted octanol–water partition coefficient (Wildman–Crippen LogP) is 1.34. The number of hydrogen-bond donors (Lipinski definition) is 2. The van der Waals surface area contributed by atoms with Crippen molar-refractivity contribution in [3.63, 3.8) is 0 Å². The standard InChI is InChI=1S/C11H14BClO3/c13-10-7-8(12(14)15)5-6-11(10)16-9-3-1-2-4-9/h5-7,9,14-15H,1-4H2. The molecule has 1 aliphatic rings. The van der Waals surface area contributed by atoms with Gasteiger partial charge >= 0.3 is 7.12 Å². The zero-order chi connectivity index (χ0) is 11.5. The van der Waals surface area contributed by atoms with Crippen LogP contribution in [-0.2, 0) is 0 Å². The van der Waals surface area contributed by atoms with Crippen molar-refractivity contribution in [1.29, 1.82) is 0 Å². The highest BCUT2D eigenvalue weighted by Crippen LogP contribution is 2.28. The Labute approximate surface area is 100 Å². The van der Waals surface area contributed by atoms with Crippen LogP contribution in [0.3, 0.4) is 0 Å². The van der Waals surface area contributed by atoms with E-state index < -0.39 is 7.12 Å². The zero-order valence-electron chi connectivity index (χ0n) is 8.90. The van der Waals surface area contributed by atoms with Gasteiger partial charge in [-0.2, -0.15) is 0 Å². The van der Waals surface area contributed by atoms with E-state index in [1.165, 1.54) is 18.9 Å². The van der Waals surface area contributed by atoms with E-state index in [-0.39, 0.29) is 6.10 Å². The molecule has 0 unspecified atom stereocenters. The number of halogens is 1. The lowest BCUT2D eigenvalue weighted by atomic mass is 9.80. The molecule has 0 amide bonds. The Kier molecular flexibility index (Phi) is 3.74. The monoisotopic (exact) mass is 240 g/mol. The van der Waals surface area contributed by atoms with Gasteiger partial charge in [0.1, 0.15) is 5.75 Å². The third-order valence-electron chi connectivity index (χ3n) is 2.85. The molecule has 0 atom stereocenters. The Balaban J connectivity index is 2.09. The van der Waals surface area contributed by atoms with Crippen molar-refractivity contribution in [2.24, 2.45) is 0 Å². The molecule has 0 heterocycles. The van der Waals surface area contributed by atoms with Crippen molar-refractivity contribution in [2.45, 2.75) is 31.8 Å². The van der Waals surface area contributed by atoms with Crippen LogP contribution in [0.25, 0.3) is 0 Å². The van der Waals surface area contributed by atoms with E-state index in [2.05, 4.69) is 0 Å². The van der Waals surface area contributed by atoms with Crippen molar-refractivity contribution in [1.82, 2.24) is 0 Å². The van der Waals surface area contributed by atoms with Crippen LogP contribution in [-0.4, -0.2) is 23.3 Å². The van der Waals surface area contributed by atoms with Gasteiger partial charge in [-0.1, -0.05) is 17.7 Å². The van der Waals surface area contributed by atoms with Crippen molar-refractivity contribution in [2.75, 3.05) is 0 Å². The molecule has 86 valence electrons. The van der Waals surface area contributed by atoms with E-state index in [1.54, 1.807) is 12.1 Å². The summed E-state index contributed by atoms with van der Waals surface area (Å²) in [6, 6.07) is 4.83. The van der Waals surface area contributed by atoms with E-state index in [0.717, 1.165) is 12.8 Å². The molecule has 0 radical (unpaired) electrons. The lowest BCUT2D eigenvalue weighted by molar-refractivity contribution is 0.210. The van der Waals surface area contributed by atoms with Crippen LogP contribution in [0.4, 0.5) is 0 Å². The fourth-order valence-corrected chi connectivity index (χ4v) is 2.19. The van der Waals surface area contributed by atoms with Gasteiger partial charge in [0.2, 0.25) is 0 Å². The predicted molar refractivity (Wildman–Crippen MR) is 64.2 cm³/mol. The third-order valence-corrected chi connectivity index (χ3v) is 3.15. The molecule has 2 N–H and O–H groups in total. The minimum atomic E-state index is -1.49. The Morgan fingerprint density at radius 2 is 1.94 bits per heavy atom. The number of ether oxygens (including phenoxy) is 1. The van der Waals surface area contributed by atoms with Crippen LogP contribution in [0.5, 0.6) is 5.75 Å². The van der Waals surface area contributed by atoms with Crippen molar-refractivity contribution >= 4 is 24.2 Å². The smallest absolute Gasteiger partial charge is 0.488 e. The SMILES string of the molecule is OB(O)c1ccc(OC2CCCC2)c(Cl)c1. The molecule has 1 aromatic carbocycles. The Morgan fingerprint density at radius 1 is 1.25 bits per heavy atom. The second-order valence-corrected chi connectivity index (χ2v) is 4.50. The first kappa shape index (κ1) is 11.8. The summed E-state index contributed by atoms with van der Waals surface area (Å²) in [5, 5.41) is 18.4. The van der Waals surface area contributed by atoms with Crippen LogP contribution in [0.1, 0.15) is 25.7 Å². The first-order valence-electron chi connectivity index (χ1n) is 5.49. The maximum atomic E-state index is 8.98. The number of rotatable bonds is 3. The van der Waals surface area contributed by atoms with Crippen LogP contribution < -0.4 is 10.2 Å². The lowest BCUT2D eigenvalue weighted by Gasteiger charge is -2.14. The first-order valence-corrected chi connectivity index (χ1v) is 5.87. The molecule has 5 heteroatoms. The summed E-state index contributed by atoms with van der Waals surface area (Å²) < 4.78 is 5.75. The quantitative estimate of drug-likeness (QED) is 0.784. The molecule has 3 nitrogen and oxygen atoms in total. The number of hydrogen-bond acceptors (Lipinski definition) is 3. The van der Waals surface area contributed by atoms with Crippen molar-refractivity contribution in [3.8, 4) is 5.75 Å². The van der Waals surface area contributed by atoms with Crippen LogP contribution in [0.15, 0.2) is 18.2 Å². The van der Waals surface area contributed by atoms with Crippen molar-refractivity contribution in [3.05, 3.63) is 23.2 Å². The Hall–Kier alpha value is -0.705. The molecule has 0 aliphatic heterocycles. The van der Waals surface area contributed by atoms with E-state index >= 15 is 0 Å². The Morgan fingerprint density at radius 3 is 2.50 bits per heavy atom. The van der Waals surface area contributed by atoms with Crippen molar-refractivity contribution < 1.29 is 14.8 Å². The minimum absolute atomic E-state index is 0.252. The van der Waals surface area contributed by atoms with Gasteiger partial charge in [0, 0.05) is 0 Å². The highest BCUT2D eigenvalue weighted by molar-refractivity contribution is 6.59. The molecule has 1 aliphatic carbocycles. The summed E-state index contributed by atoms with van der Waals surface area (Å²) in [5.74, 6) is 0.623. The lowest BCUT2D eigenvalue weighted by Crippen LogP contribution is -2.29. The molecule has 1 saturated carbocycles. The average Bonchev–Trinajstić information content (AvgIpc) is 2.73. The van der Waals surface area contributed by atoms with Crippen LogP contribution >= 0.6 is 11.6 Å². The normalized spacial score (nSPS) is 16.4. The summed E-state index contributed by atoms with van der Waals surface area (Å²) in [6.07, 6.45) is 4.80. The van der Waals surface area contributed by atoms with Crippen LogP contribution in [0.2, 0.25) is 5.02 Å². The van der Waals surface area contributed by atoms with Gasteiger partial charge < -0.3 is 14.8 Å². The van der Waals surface area contributed by atoms with E-state index in [1.807, 2.05) is 0 Å². The first-order chi connectivity index (χ1) is 7.66. The van der Waals surface area contributed by atoms with Crippen LogP contribution in [0, 0.1) is 0 Å². The summed E-state index contributed by atoms with van der Waals surface area (Å²) in [4.78, 5) is 0. The van der Waals surface area contributed by atoms with Gasteiger partial charge in [-0.25, -0.2) is 0 Å². The third kappa shape index (κ3) is 2.70. The topological polar surface area (TPSA) is 49.7 Å². The summed E-state index contributed by atoms with van der Waals surface area (Å²) in [7, 11) is -1.49. The molecular formula is C11H14BClO3. The van der Waals surface area contributed by atoms with Gasteiger partial charge in [0.15, 0.2) is 0 Å². The van der Waals surface area contributed by atoms with Gasteiger partial charge in [0.25, 0.3) is 0 Å².